The van der Waals surface area contributed by atoms with Crippen LogP contribution in [0.2, 0.25) is 0 Å². The Morgan fingerprint density at radius 1 is 1.73 bits per heavy atom. The Morgan fingerprint density at radius 3 is 2.91 bits per heavy atom. The summed E-state index contributed by atoms with van der Waals surface area (Å²) in [5.74, 6) is 0.633. The molecule has 11 heavy (non-hydrogen) atoms. The number of hydrogen-bond donors (Lipinski definition) is 1. The van der Waals surface area contributed by atoms with Crippen molar-refractivity contribution in [3.8, 4) is 0 Å². The van der Waals surface area contributed by atoms with E-state index in [9.17, 15) is 4.79 Å². The third-order valence-electron chi connectivity index (χ3n) is 1.14. The summed E-state index contributed by atoms with van der Waals surface area (Å²) in [7, 11) is 0. The van der Waals surface area contributed by atoms with Crippen LogP contribution in [0.3, 0.4) is 0 Å². The Hall–Kier alpha value is -0.810. The lowest BCUT2D eigenvalue weighted by atomic mass is 10.3. The molecule has 4 nitrogen and oxygen atoms in total. The molecule has 0 aliphatic heterocycles. The molecule has 2 N–H and O–H groups in total. The minimum absolute atomic E-state index is 0.0156. The number of hydrogen-bond acceptors (Lipinski definition) is 5. The molecule has 0 aliphatic carbocycles. The molecule has 60 valence electrons. The Bertz CT molecular complexity index is 258. The smallest absolute Gasteiger partial charge is 0.194 e. The van der Waals surface area contributed by atoms with Gasteiger partial charge in [-0.05, 0) is 25.0 Å². The number of carbonyl (C=O) groups is 1. The molecule has 0 aromatic carbocycles. The quantitative estimate of drug-likeness (QED) is 0.667. The number of ketones is 1. The second-order valence-corrected chi connectivity index (χ2v) is 2.86. The van der Waals surface area contributed by atoms with E-state index in [1.807, 2.05) is 0 Å². The van der Waals surface area contributed by atoms with E-state index in [2.05, 4.69) is 9.36 Å². The average molecular weight is 171 g/mol. The van der Waals surface area contributed by atoms with Gasteiger partial charge in [-0.2, -0.15) is 4.37 Å². The largest absolute Gasteiger partial charge is 0.330 e. The first-order chi connectivity index (χ1) is 5.24. The van der Waals surface area contributed by atoms with Crippen molar-refractivity contribution in [1.82, 2.24) is 9.36 Å². The fourth-order valence-corrected chi connectivity index (χ4v) is 1.28. The lowest BCUT2D eigenvalue weighted by Crippen LogP contribution is -2.07. The normalized spacial score (nSPS) is 10.0. The third-order valence-corrected chi connectivity index (χ3v) is 1.98. The zero-order chi connectivity index (χ0) is 8.27. The van der Waals surface area contributed by atoms with Crippen molar-refractivity contribution in [1.29, 1.82) is 0 Å². The molecule has 0 aliphatic rings. The number of nitrogens with zero attached hydrogens (tertiary/aromatic N) is 2. The summed E-state index contributed by atoms with van der Waals surface area (Å²) < 4.78 is 3.89. The molecular formula is C6H9N3OS. The first-order valence-corrected chi connectivity index (χ1v) is 4.05. The van der Waals surface area contributed by atoms with Crippen LogP contribution in [0.1, 0.15) is 22.0 Å². The number of carbonyl (C=O) groups excluding carboxylic acids is 1. The fraction of sp³-hybridized carbons (Fsp3) is 0.500. The van der Waals surface area contributed by atoms with Gasteiger partial charge in [0.25, 0.3) is 0 Å². The van der Waals surface area contributed by atoms with Gasteiger partial charge in [-0.3, -0.25) is 4.79 Å². The Morgan fingerprint density at radius 2 is 2.45 bits per heavy atom. The summed E-state index contributed by atoms with van der Waals surface area (Å²) in [5, 5.41) is 0.466. The van der Waals surface area contributed by atoms with Crippen molar-refractivity contribution < 1.29 is 4.79 Å². The Balaban J connectivity index is 2.69. The third kappa shape index (κ3) is 2.06. The van der Waals surface area contributed by atoms with Gasteiger partial charge in [0.2, 0.25) is 0 Å². The molecule has 0 atom stereocenters. The van der Waals surface area contributed by atoms with E-state index in [1.165, 1.54) is 0 Å². The van der Waals surface area contributed by atoms with Crippen LogP contribution in [0.4, 0.5) is 0 Å². The first kappa shape index (κ1) is 8.29. The maximum atomic E-state index is 11.1. The maximum absolute atomic E-state index is 11.1. The minimum Gasteiger partial charge on any atom is -0.330 e. The summed E-state index contributed by atoms with van der Waals surface area (Å²) in [4.78, 5) is 15.0. The molecule has 1 aromatic rings. The van der Waals surface area contributed by atoms with Gasteiger partial charge in [0.05, 0.1) is 0 Å². The standard InChI is InChI=1S/C6H9N3OS/c1-4-8-6(11-9-4)5(10)2-3-7/h2-3,7H2,1H3. The minimum atomic E-state index is -0.0156. The maximum Gasteiger partial charge on any atom is 0.194 e. The molecule has 1 aromatic heterocycles. The van der Waals surface area contributed by atoms with Crippen molar-refractivity contribution in [3.63, 3.8) is 0 Å². The molecule has 0 spiro atoms. The van der Waals surface area contributed by atoms with Crippen molar-refractivity contribution in [2.24, 2.45) is 5.73 Å². The number of rotatable bonds is 3. The summed E-state index contributed by atoms with van der Waals surface area (Å²) in [5.41, 5.74) is 5.21. The van der Waals surface area contributed by atoms with Gasteiger partial charge in [-0.25, -0.2) is 4.98 Å². The van der Waals surface area contributed by atoms with Crippen molar-refractivity contribution in [3.05, 3.63) is 10.8 Å². The van der Waals surface area contributed by atoms with E-state index in [1.54, 1.807) is 6.92 Å². The highest BCUT2D eigenvalue weighted by molar-refractivity contribution is 7.07. The summed E-state index contributed by atoms with van der Waals surface area (Å²) in [6, 6.07) is 0. The monoisotopic (exact) mass is 171 g/mol. The highest BCUT2D eigenvalue weighted by Crippen LogP contribution is 2.05. The van der Waals surface area contributed by atoms with E-state index in [0.717, 1.165) is 11.5 Å². The fourth-order valence-electron chi connectivity index (χ4n) is 0.648. The lowest BCUT2D eigenvalue weighted by molar-refractivity contribution is 0.0985. The van der Waals surface area contributed by atoms with E-state index < -0.39 is 0 Å². The van der Waals surface area contributed by atoms with E-state index in [4.69, 9.17) is 5.73 Å². The van der Waals surface area contributed by atoms with Crippen LogP contribution >= 0.6 is 11.5 Å². The Labute approximate surface area is 68.6 Å². The van der Waals surface area contributed by atoms with Gasteiger partial charge in [-0.1, -0.05) is 0 Å². The van der Waals surface area contributed by atoms with Gasteiger partial charge >= 0.3 is 0 Å². The molecule has 1 heterocycles. The molecule has 1 rings (SSSR count). The van der Waals surface area contributed by atoms with Crippen LogP contribution in [-0.4, -0.2) is 21.7 Å². The first-order valence-electron chi connectivity index (χ1n) is 3.27. The molecular weight excluding hydrogens is 162 g/mol. The van der Waals surface area contributed by atoms with E-state index in [0.29, 0.717) is 23.8 Å². The topological polar surface area (TPSA) is 68.9 Å². The van der Waals surface area contributed by atoms with Crippen LogP contribution < -0.4 is 5.73 Å². The SMILES string of the molecule is Cc1nsc(C(=O)CCN)n1. The van der Waals surface area contributed by atoms with Crippen molar-refractivity contribution in [2.75, 3.05) is 6.54 Å². The predicted molar refractivity (Wildman–Crippen MR) is 42.6 cm³/mol. The zero-order valence-electron chi connectivity index (χ0n) is 6.20. The van der Waals surface area contributed by atoms with Crippen LogP contribution in [0.5, 0.6) is 0 Å². The van der Waals surface area contributed by atoms with Crippen LogP contribution in [0, 0.1) is 6.92 Å². The second kappa shape index (κ2) is 3.54. The molecule has 0 fully saturated rings. The molecule has 0 saturated carbocycles. The molecule has 0 radical (unpaired) electrons. The number of aromatic nitrogens is 2. The lowest BCUT2D eigenvalue weighted by Gasteiger charge is -1.88. The van der Waals surface area contributed by atoms with E-state index in [-0.39, 0.29) is 5.78 Å². The predicted octanol–water partition coefficient (Wildman–Crippen LogP) is 0.378. The summed E-state index contributed by atoms with van der Waals surface area (Å²) >= 11 is 1.13. The van der Waals surface area contributed by atoms with Crippen LogP contribution in [0.15, 0.2) is 0 Å². The molecule has 0 unspecified atom stereocenters. The van der Waals surface area contributed by atoms with E-state index >= 15 is 0 Å². The van der Waals surface area contributed by atoms with Gasteiger partial charge in [0.15, 0.2) is 10.8 Å². The number of Topliss-reactive ketones (excluding diaryl/α,β-unsaturated/α-hetero) is 1. The number of nitrogens with two attached hydrogens (primary N) is 1. The van der Waals surface area contributed by atoms with Crippen molar-refractivity contribution in [2.45, 2.75) is 13.3 Å². The van der Waals surface area contributed by atoms with Crippen LogP contribution in [0.25, 0.3) is 0 Å². The highest BCUT2D eigenvalue weighted by Gasteiger charge is 2.08. The van der Waals surface area contributed by atoms with Gasteiger partial charge in [0.1, 0.15) is 5.82 Å². The summed E-state index contributed by atoms with van der Waals surface area (Å²) in [6.07, 6.45) is 0.356. The van der Waals surface area contributed by atoms with Crippen molar-refractivity contribution >= 4 is 17.3 Å². The van der Waals surface area contributed by atoms with Gasteiger partial charge in [-0.15, -0.1) is 0 Å². The van der Waals surface area contributed by atoms with Gasteiger partial charge in [0, 0.05) is 6.42 Å². The molecule has 5 heteroatoms. The average Bonchev–Trinajstić information content (AvgIpc) is 2.36. The second-order valence-electron chi connectivity index (χ2n) is 2.11. The molecule has 0 amide bonds. The zero-order valence-corrected chi connectivity index (χ0v) is 7.02. The summed E-state index contributed by atoms with van der Waals surface area (Å²) in [6.45, 7) is 2.13. The Kier molecular flexibility index (Phi) is 2.67. The van der Waals surface area contributed by atoms with Gasteiger partial charge < -0.3 is 5.73 Å². The van der Waals surface area contributed by atoms with Crippen LogP contribution in [-0.2, 0) is 0 Å². The molecule has 0 bridgehead atoms. The number of aryl methyl sites for hydroxylation is 1. The molecule has 0 saturated heterocycles. The highest BCUT2D eigenvalue weighted by atomic mass is 32.1.